The van der Waals surface area contributed by atoms with Gasteiger partial charge in [-0.05, 0) is 24.1 Å². The molecule has 1 aromatic carbocycles. The van der Waals surface area contributed by atoms with Crippen LogP contribution in [0.15, 0.2) is 35.8 Å². The lowest BCUT2D eigenvalue weighted by molar-refractivity contribution is -0.156. The zero-order valence-corrected chi connectivity index (χ0v) is 16.3. The van der Waals surface area contributed by atoms with E-state index >= 15 is 0 Å². The molecule has 0 bridgehead atoms. The van der Waals surface area contributed by atoms with Crippen molar-refractivity contribution >= 4 is 17.5 Å². The molecule has 0 aliphatic carbocycles. The number of carbonyl (C=O) groups excluding carboxylic acids is 1. The van der Waals surface area contributed by atoms with Crippen molar-refractivity contribution in [3.05, 3.63) is 46.4 Å². The summed E-state index contributed by atoms with van der Waals surface area (Å²) in [5.74, 6) is 0.0975. The highest BCUT2D eigenvalue weighted by Crippen LogP contribution is 2.32. The second-order valence-corrected chi connectivity index (χ2v) is 7.01. The molecule has 10 heteroatoms. The largest absolute Gasteiger partial charge is 0.396 e. The lowest BCUT2D eigenvalue weighted by Crippen LogP contribution is -2.55. The summed E-state index contributed by atoms with van der Waals surface area (Å²) in [4.78, 5) is 17.7. The molecular formula is C18H25ClN4O5. The van der Waals surface area contributed by atoms with Crippen molar-refractivity contribution in [2.24, 2.45) is 0 Å². The van der Waals surface area contributed by atoms with Gasteiger partial charge in [0.25, 0.3) is 5.91 Å². The second-order valence-electron chi connectivity index (χ2n) is 6.58. The van der Waals surface area contributed by atoms with Crippen molar-refractivity contribution in [1.29, 1.82) is 0 Å². The number of nitrogens with one attached hydrogen (secondary N) is 1. The van der Waals surface area contributed by atoms with Gasteiger partial charge >= 0.3 is 0 Å². The summed E-state index contributed by atoms with van der Waals surface area (Å²) in [5, 5.41) is 32.5. The highest BCUT2D eigenvalue weighted by atomic mass is 35.5. The van der Waals surface area contributed by atoms with Gasteiger partial charge < -0.3 is 35.2 Å². The maximum absolute atomic E-state index is 13.1. The topological polar surface area (TPSA) is 109 Å². The smallest absolute Gasteiger partial charge is 0.277 e. The molecule has 2 aliphatic heterocycles. The van der Waals surface area contributed by atoms with Crippen LogP contribution in [0.3, 0.4) is 0 Å². The molecule has 28 heavy (non-hydrogen) atoms. The number of aliphatic hydroxyl groups is 3. The lowest BCUT2D eigenvalue weighted by atomic mass is 10.2. The van der Waals surface area contributed by atoms with E-state index < -0.39 is 12.7 Å². The first-order chi connectivity index (χ1) is 13.5. The summed E-state index contributed by atoms with van der Waals surface area (Å²) in [5.41, 5.74) is 1.28. The molecule has 154 valence electrons. The van der Waals surface area contributed by atoms with Crippen molar-refractivity contribution in [3.8, 4) is 0 Å². The van der Waals surface area contributed by atoms with Crippen LogP contribution >= 0.6 is 11.6 Å². The Labute approximate surface area is 168 Å². The van der Waals surface area contributed by atoms with Crippen LogP contribution in [0.1, 0.15) is 12.0 Å². The zero-order chi connectivity index (χ0) is 20.3. The third-order valence-corrected chi connectivity index (χ3v) is 4.94. The van der Waals surface area contributed by atoms with Gasteiger partial charge in [0.05, 0.1) is 13.2 Å². The van der Waals surface area contributed by atoms with E-state index in [1.165, 1.54) is 4.90 Å². The van der Waals surface area contributed by atoms with Crippen LogP contribution in [0.5, 0.6) is 0 Å². The first-order valence-corrected chi connectivity index (χ1v) is 9.42. The van der Waals surface area contributed by atoms with Crippen molar-refractivity contribution in [3.63, 3.8) is 0 Å². The van der Waals surface area contributed by atoms with Crippen LogP contribution in [0.2, 0.25) is 5.02 Å². The Kier molecular flexibility index (Phi) is 6.63. The molecule has 2 heterocycles. The van der Waals surface area contributed by atoms with E-state index in [0.717, 1.165) is 5.56 Å². The van der Waals surface area contributed by atoms with Crippen LogP contribution in [-0.2, 0) is 16.1 Å². The molecule has 0 radical (unpaired) electrons. The molecule has 0 aromatic heterocycles. The summed E-state index contributed by atoms with van der Waals surface area (Å²) >= 11 is 5.96. The number of carbonyl (C=O) groups is 1. The molecule has 3 rings (SSSR count). The van der Waals surface area contributed by atoms with E-state index in [1.54, 1.807) is 29.0 Å². The predicted octanol–water partition coefficient (Wildman–Crippen LogP) is -0.361. The molecule has 0 spiro atoms. The number of hydrogen-bond acceptors (Lipinski definition) is 8. The molecule has 4 N–H and O–H groups in total. The van der Waals surface area contributed by atoms with E-state index in [4.69, 9.17) is 26.6 Å². The van der Waals surface area contributed by atoms with Gasteiger partial charge in [-0.2, -0.15) is 0 Å². The Balaban J connectivity index is 1.91. The minimum absolute atomic E-state index is 0.0822. The average molecular weight is 413 g/mol. The molecule has 9 nitrogen and oxygen atoms in total. The van der Waals surface area contributed by atoms with E-state index in [1.807, 2.05) is 12.1 Å². The van der Waals surface area contributed by atoms with Gasteiger partial charge in [-0.15, -0.1) is 0 Å². The Morgan fingerprint density at radius 2 is 1.89 bits per heavy atom. The maximum Gasteiger partial charge on any atom is 0.277 e. The summed E-state index contributed by atoms with van der Waals surface area (Å²) in [6.07, 6.45) is -1.47. The Morgan fingerprint density at radius 1 is 1.18 bits per heavy atom. The molecule has 0 saturated heterocycles. The van der Waals surface area contributed by atoms with E-state index in [9.17, 15) is 9.90 Å². The molecule has 2 unspecified atom stereocenters. The van der Waals surface area contributed by atoms with Crippen LogP contribution in [0.4, 0.5) is 0 Å². The summed E-state index contributed by atoms with van der Waals surface area (Å²) in [6.45, 7) is 0.426. The number of halogens is 1. The highest BCUT2D eigenvalue weighted by Gasteiger charge is 2.46. The molecule has 2 aliphatic rings. The third kappa shape index (κ3) is 4.03. The van der Waals surface area contributed by atoms with Gasteiger partial charge in [0, 0.05) is 31.8 Å². The zero-order valence-electron chi connectivity index (χ0n) is 15.6. The summed E-state index contributed by atoms with van der Waals surface area (Å²) in [6, 6.07) is 7.26. The Morgan fingerprint density at radius 3 is 2.54 bits per heavy atom. The Hall–Kier alpha value is -2.04. The van der Waals surface area contributed by atoms with Crippen molar-refractivity contribution < 1.29 is 24.9 Å². The van der Waals surface area contributed by atoms with E-state index in [-0.39, 0.29) is 32.3 Å². The fourth-order valence-electron chi connectivity index (χ4n) is 3.28. The standard InChI is InChI=1S/C18H25ClN4O5/c1-21-15-14(16(26)22(18(21)27)7-2-8-24)23(17(20-15)28-10-9-25)11-12-3-5-13(19)6-4-12/h3-6,17-18,20,24-25,27H,2,7-11H2,1H3. The third-order valence-electron chi connectivity index (χ3n) is 4.69. The first kappa shape index (κ1) is 20.7. The predicted molar refractivity (Wildman–Crippen MR) is 101 cm³/mol. The molecule has 2 atom stereocenters. The molecule has 1 amide bonds. The molecule has 0 saturated carbocycles. The van der Waals surface area contributed by atoms with Gasteiger partial charge in [-0.25, -0.2) is 0 Å². The Bertz CT molecular complexity index is 729. The van der Waals surface area contributed by atoms with Crippen molar-refractivity contribution in [2.75, 3.05) is 33.4 Å². The van der Waals surface area contributed by atoms with Gasteiger partial charge in [0.15, 0.2) is 0 Å². The number of amides is 1. The number of rotatable bonds is 8. The minimum Gasteiger partial charge on any atom is -0.396 e. The van der Waals surface area contributed by atoms with Gasteiger partial charge in [0.2, 0.25) is 12.7 Å². The molecule has 1 aromatic rings. The monoisotopic (exact) mass is 412 g/mol. The fraction of sp³-hybridized carbons (Fsp3) is 0.500. The lowest BCUT2D eigenvalue weighted by Gasteiger charge is -2.40. The quantitative estimate of drug-likeness (QED) is 0.458. The van der Waals surface area contributed by atoms with Gasteiger partial charge in [-0.3, -0.25) is 9.69 Å². The van der Waals surface area contributed by atoms with Crippen LogP contribution in [-0.4, -0.2) is 82.0 Å². The second kappa shape index (κ2) is 8.97. The number of hydrogen-bond donors (Lipinski definition) is 4. The van der Waals surface area contributed by atoms with Crippen molar-refractivity contribution in [2.45, 2.75) is 25.7 Å². The van der Waals surface area contributed by atoms with Crippen molar-refractivity contribution in [1.82, 2.24) is 20.0 Å². The average Bonchev–Trinajstić information content (AvgIpc) is 3.05. The van der Waals surface area contributed by atoms with Gasteiger partial charge in [0.1, 0.15) is 11.5 Å². The first-order valence-electron chi connectivity index (χ1n) is 9.05. The SMILES string of the molecule is CN1C2=C(C(=O)N(CCCO)C1O)N(Cc1ccc(Cl)cc1)C(OCCO)N2. The van der Waals surface area contributed by atoms with Crippen LogP contribution < -0.4 is 5.32 Å². The summed E-state index contributed by atoms with van der Waals surface area (Å²) in [7, 11) is 1.67. The minimum atomic E-state index is -1.15. The van der Waals surface area contributed by atoms with E-state index in [2.05, 4.69) is 5.32 Å². The summed E-state index contributed by atoms with van der Waals surface area (Å²) < 4.78 is 5.68. The fourth-order valence-corrected chi connectivity index (χ4v) is 3.40. The molecular weight excluding hydrogens is 388 g/mol. The number of benzene rings is 1. The van der Waals surface area contributed by atoms with Crippen LogP contribution in [0.25, 0.3) is 0 Å². The normalized spacial score (nSPS) is 22.0. The van der Waals surface area contributed by atoms with Gasteiger partial charge in [-0.1, -0.05) is 23.7 Å². The number of nitrogens with zero attached hydrogens (tertiary/aromatic N) is 3. The number of aliphatic hydroxyl groups excluding tert-OH is 3. The van der Waals surface area contributed by atoms with Crippen LogP contribution in [0, 0.1) is 0 Å². The highest BCUT2D eigenvalue weighted by molar-refractivity contribution is 6.30. The maximum atomic E-state index is 13.1. The van der Waals surface area contributed by atoms with E-state index in [0.29, 0.717) is 29.5 Å². The molecule has 0 fully saturated rings. The number of ether oxygens (including phenoxy) is 1.